The van der Waals surface area contributed by atoms with E-state index in [4.69, 9.17) is 16.7 Å². The maximum atomic E-state index is 13.0. The molecule has 5 nitrogen and oxygen atoms in total. The highest BCUT2D eigenvalue weighted by Gasteiger charge is 2.31. The molecule has 176 valence electrons. The van der Waals surface area contributed by atoms with Crippen LogP contribution in [0.4, 0.5) is 0 Å². The summed E-state index contributed by atoms with van der Waals surface area (Å²) in [6.45, 7) is 3.31. The van der Waals surface area contributed by atoms with E-state index in [2.05, 4.69) is 36.5 Å². The van der Waals surface area contributed by atoms with E-state index in [-0.39, 0.29) is 18.7 Å². The van der Waals surface area contributed by atoms with Crippen molar-refractivity contribution in [2.24, 2.45) is 0 Å². The van der Waals surface area contributed by atoms with Crippen LogP contribution in [0.3, 0.4) is 0 Å². The number of hydrogen-bond donors (Lipinski definition) is 2. The number of aliphatic hydroxyl groups is 1. The van der Waals surface area contributed by atoms with Crippen LogP contribution in [0.5, 0.6) is 0 Å². The third-order valence-electron chi connectivity index (χ3n) is 6.64. The van der Waals surface area contributed by atoms with E-state index in [1.54, 1.807) is 35.6 Å². The molecule has 1 unspecified atom stereocenters. The van der Waals surface area contributed by atoms with Crippen molar-refractivity contribution in [1.29, 1.82) is 0 Å². The molecule has 1 fully saturated rings. The molecular weight excluding hydrogens is 444 g/mol. The molecule has 0 spiro atoms. The van der Waals surface area contributed by atoms with Crippen molar-refractivity contribution < 1.29 is 13.5 Å². The van der Waals surface area contributed by atoms with Gasteiger partial charge in [0.15, 0.2) is 0 Å². The number of unbranched alkanes of at least 4 members (excludes halogenated alkanes) is 1. The van der Waals surface area contributed by atoms with Crippen LogP contribution in [0.25, 0.3) is 0 Å². The van der Waals surface area contributed by atoms with E-state index in [9.17, 15) is 8.42 Å². The van der Waals surface area contributed by atoms with Gasteiger partial charge in [0.25, 0.3) is 0 Å². The number of halogens is 1. The molecule has 1 atom stereocenters. The maximum Gasteiger partial charge on any atom is 0.243 e. The minimum atomic E-state index is -3.51. The fourth-order valence-corrected chi connectivity index (χ4v) is 6.01. The van der Waals surface area contributed by atoms with Gasteiger partial charge >= 0.3 is 0 Å². The molecule has 2 N–H and O–H groups in total. The highest BCUT2D eigenvalue weighted by atomic mass is 35.5. The van der Waals surface area contributed by atoms with Gasteiger partial charge in [0.1, 0.15) is 0 Å². The Balaban J connectivity index is 1.54. The highest BCUT2D eigenvalue weighted by Crippen LogP contribution is 2.36. The number of hydrogen-bond acceptors (Lipinski definition) is 4. The topological polar surface area (TPSA) is 69.6 Å². The van der Waals surface area contributed by atoms with Crippen LogP contribution >= 0.6 is 11.6 Å². The number of benzene rings is 2. The first-order chi connectivity index (χ1) is 15.3. The summed E-state index contributed by atoms with van der Waals surface area (Å²) in [6.07, 6.45) is 5.50. The van der Waals surface area contributed by atoms with Gasteiger partial charge in [0.05, 0.1) is 4.90 Å². The van der Waals surface area contributed by atoms with Crippen LogP contribution in [0.1, 0.15) is 68.5 Å². The minimum absolute atomic E-state index is 0.0225. The summed E-state index contributed by atoms with van der Waals surface area (Å²) in [4.78, 5) is 0.293. The number of sulfonamides is 1. The maximum absolute atomic E-state index is 13.0. The van der Waals surface area contributed by atoms with Gasteiger partial charge in [0.2, 0.25) is 10.0 Å². The van der Waals surface area contributed by atoms with Crippen molar-refractivity contribution in [3.05, 3.63) is 64.7 Å². The molecule has 1 saturated carbocycles. The van der Waals surface area contributed by atoms with Crippen LogP contribution < -0.4 is 5.32 Å². The van der Waals surface area contributed by atoms with Crippen molar-refractivity contribution in [2.75, 3.05) is 20.2 Å². The molecule has 0 heterocycles. The van der Waals surface area contributed by atoms with Crippen molar-refractivity contribution in [1.82, 2.24) is 9.62 Å². The summed E-state index contributed by atoms with van der Waals surface area (Å²) in [5.74, 6) is 0.472. The lowest BCUT2D eigenvalue weighted by atomic mass is 9.81. The molecule has 1 aliphatic carbocycles. The summed E-state index contributed by atoms with van der Waals surface area (Å²) in [6, 6.07) is 15.5. The third-order valence-corrected chi connectivity index (χ3v) is 8.82. The van der Waals surface area contributed by atoms with Gasteiger partial charge in [0, 0.05) is 30.8 Å². The van der Waals surface area contributed by atoms with Crippen molar-refractivity contribution in [3.63, 3.8) is 0 Å². The molecule has 0 radical (unpaired) electrons. The molecule has 0 bridgehead atoms. The second-order valence-electron chi connectivity index (χ2n) is 8.75. The van der Waals surface area contributed by atoms with E-state index in [0.29, 0.717) is 15.8 Å². The number of nitrogens with zero attached hydrogens (tertiary/aromatic N) is 1. The van der Waals surface area contributed by atoms with Crippen LogP contribution in [-0.2, 0) is 10.0 Å². The SMILES string of the molecule is CC(NCCCCO)c1ccc([C@H]2CC[C@H](N(C)S(=O)(=O)c3ccc(Cl)cc3)CC2)cc1. The van der Waals surface area contributed by atoms with Gasteiger partial charge in [-0.05, 0) is 93.3 Å². The Hall–Kier alpha value is -1.44. The normalized spacial score (nSPS) is 20.4. The lowest BCUT2D eigenvalue weighted by molar-refractivity contribution is 0.268. The number of nitrogens with one attached hydrogen (secondary N) is 1. The Kier molecular flexibility index (Phi) is 9.14. The molecule has 0 saturated heterocycles. The molecule has 0 aromatic heterocycles. The summed E-state index contributed by atoms with van der Waals surface area (Å²) in [7, 11) is -1.82. The molecule has 2 aromatic carbocycles. The van der Waals surface area contributed by atoms with Crippen molar-refractivity contribution >= 4 is 21.6 Å². The zero-order valence-electron chi connectivity index (χ0n) is 19.0. The monoisotopic (exact) mass is 478 g/mol. The zero-order chi connectivity index (χ0) is 23.1. The summed E-state index contributed by atoms with van der Waals surface area (Å²) in [5, 5.41) is 12.9. The molecule has 32 heavy (non-hydrogen) atoms. The predicted octanol–water partition coefficient (Wildman–Crippen LogP) is 5.11. The predicted molar refractivity (Wildman–Crippen MR) is 131 cm³/mol. The fraction of sp³-hybridized carbons (Fsp3) is 0.520. The standard InChI is InChI=1S/C25H35ClN2O3S/c1-19(27-17-3-4-18-29)20-5-7-21(8-6-20)22-9-13-24(14-10-22)28(2)32(30,31)25-15-11-23(26)12-16-25/h5-8,11-12,15-16,19,22,24,27,29H,3-4,9-10,13-14,17-18H2,1-2H3/t19?,22-,24-. The Morgan fingerprint density at radius 1 is 1.03 bits per heavy atom. The Bertz CT molecular complexity index is 940. The smallest absolute Gasteiger partial charge is 0.243 e. The van der Waals surface area contributed by atoms with Gasteiger partial charge in [-0.25, -0.2) is 8.42 Å². The van der Waals surface area contributed by atoms with E-state index in [1.165, 1.54) is 11.1 Å². The summed E-state index contributed by atoms with van der Waals surface area (Å²) in [5.41, 5.74) is 2.60. The number of rotatable bonds is 10. The van der Waals surface area contributed by atoms with Crippen molar-refractivity contribution in [2.45, 2.75) is 68.3 Å². The third kappa shape index (κ3) is 6.33. The quantitative estimate of drug-likeness (QED) is 0.465. The zero-order valence-corrected chi connectivity index (χ0v) is 20.6. The van der Waals surface area contributed by atoms with E-state index < -0.39 is 10.0 Å². The fourth-order valence-electron chi connectivity index (χ4n) is 4.47. The van der Waals surface area contributed by atoms with Gasteiger partial charge in [-0.3, -0.25) is 0 Å². The lowest BCUT2D eigenvalue weighted by Crippen LogP contribution is -2.39. The summed E-state index contributed by atoms with van der Waals surface area (Å²) < 4.78 is 27.5. The van der Waals surface area contributed by atoms with Crippen LogP contribution in [-0.4, -0.2) is 44.1 Å². The lowest BCUT2D eigenvalue weighted by Gasteiger charge is -2.34. The van der Waals surface area contributed by atoms with E-state index in [1.807, 2.05) is 0 Å². The van der Waals surface area contributed by atoms with E-state index >= 15 is 0 Å². The Morgan fingerprint density at radius 3 is 2.25 bits per heavy atom. The molecule has 0 aliphatic heterocycles. The van der Waals surface area contributed by atoms with Gasteiger partial charge in [-0.15, -0.1) is 0 Å². The summed E-state index contributed by atoms with van der Waals surface area (Å²) >= 11 is 5.90. The minimum Gasteiger partial charge on any atom is -0.396 e. The van der Waals surface area contributed by atoms with Gasteiger partial charge < -0.3 is 10.4 Å². The Morgan fingerprint density at radius 2 is 1.66 bits per heavy atom. The van der Waals surface area contributed by atoms with Crippen molar-refractivity contribution in [3.8, 4) is 0 Å². The first-order valence-electron chi connectivity index (χ1n) is 11.5. The first kappa shape index (κ1) is 25.2. The second kappa shape index (κ2) is 11.6. The van der Waals surface area contributed by atoms with E-state index in [0.717, 1.165) is 45.1 Å². The van der Waals surface area contributed by atoms with Crippen LogP contribution in [0.2, 0.25) is 5.02 Å². The molecule has 0 amide bonds. The average molecular weight is 479 g/mol. The molecule has 3 rings (SSSR count). The highest BCUT2D eigenvalue weighted by molar-refractivity contribution is 7.89. The first-order valence-corrected chi connectivity index (χ1v) is 13.3. The van der Waals surface area contributed by atoms with Crippen LogP contribution in [0, 0.1) is 0 Å². The van der Waals surface area contributed by atoms with Gasteiger partial charge in [-0.2, -0.15) is 4.31 Å². The van der Waals surface area contributed by atoms with Gasteiger partial charge in [-0.1, -0.05) is 35.9 Å². The van der Waals surface area contributed by atoms with Crippen LogP contribution in [0.15, 0.2) is 53.4 Å². The molecular formula is C25H35ClN2O3S. The Labute approximate surface area is 197 Å². The molecule has 2 aromatic rings. The number of aliphatic hydroxyl groups excluding tert-OH is 1. The largest absolute Gasteiger partial charge is 0.396 e. The molecule has 1 aliphatic rings. The molecule has 7 heteroatoms. The average Bonchev–Trinajstić information content (AvgIpc) is 2.82. The second-order valence-corrected chi connectivity index (χ2v) is 11.2.